The highest BCUT2D eigenvalue weighted by Gasteiger charge is 2.46. The average Bonchev–Trinajstić information content (AvgIpc) is 2.98. The number of carboxylic acid groups (broad SMARTS) is 1. The van der Waals surface area contributed by atoms with Gasteiger partial charge in [0, 0.05) is 31.8 Å². The Morgan fingerprint density at radius 1 is 1.23 bits per heavy atom. The van der Waals surface area contributed by atoms with Crippen LogP contribution in [-0.4, -0.2) is 78.4 Å². The van der Waals surface area contributed by atoms with Gasteiger partial charge in [-0.05, 0) is 50.4 Å². The number of piperidine rings is 1. The third-order valence-electron chi connectivity index (χ3n) is 6.13. The molecule has 10 heteroatoms. The number of hydrogen-bond donors (Lipinski definition) is 1. The van der Waals surface area contributed by atoms with Crippen molar-refractivity contribution < 1.29 is 37.0 Å². The molecule has 2 fully saturated rings. The number of alkyl halides is 3. The van der Waals surface area contributed by atoms with Gasteiger partial charge in [-0.25, -0.2) is 9.18 Å². The molecular formula is C21H28F4N2O4. The fraction of sp³-hybridized carbons (Fsp3) is 0.619. The minimum atomic E-state index is -5.08. The SMILES string of the molecule is COCC1CCC2(CCN(C(=O)Cc3cccc(F)c3)CC2)N1C.O=C(O)C(F)(F)F. The van der Waals surface area contributed by atoms with Gasteiger partial charge in [-0.1, -0.05) is 12.1 Å². The molecular weight excluding hydrogens is 420 g/mol. The smallest absolute Gasteiger partial charge is 0.475 e. The molecule has 0 aromatic heterocycles. The fourth-order valence-corrected chi connectivity index (χ4v) is 4.29. The van der Waals surface area contributed by atoms with Crippen molar-refractivity contribution in [3.8, 4) is 0 Å². The number of aliphatic carboxylic acids is 1. The van der Waals surface area contributed by atoms with E-state index in [0.717, 1.165) is 38.1 Å². The number of amides is 1. The van der Waals surface area contributed by atoms with Gasteiger partial charge in [-0.3, -0.25) is 9.69 Å². The second kappa shape index (κ2) is 10.4. The molecule has 174 valence electrons. The van der Waals surface area contributed by atoms with Gasteiger partial charge in [-0.15, -0.1) is 0 Å². The highest BCUT2D eigenvalue weighted by atomic mass is 19.4. The lowest BCUT2D eigenvalue weighted by molar-refractivity contribution is -0.192. The molecule has 1 unspecified atom stereocenters. The number of carbonyl (C=O) groups is 2. The molecule has 0 radical (unpaired) electrons. The molecule has 2 aliphatic rings. The van der Waals surface area contributed by atoms with Crippen LogP contribution in [0.15, 0.2) is 24.3 Å². The number of likely N-dealkylation sites (tertiary alicyclic amines) is 2. The van der Waals surface area contributed by atoms with Gasteiger partial charge in [0.1, 0.15) is 5.82 Å². The number of halogens is 4. The molecule has 0 bridgehead atoms. The second-order valence-electron chi connectivity index (χ2n) is 7.97. The van der Waals surface area contributed by atoms with E-state index in [-0.39, 0.29) is 23.7 Å². The first-order valence-electron chi connectivity index (χ1n) is 10.0. The van der Waals surface area contributed by atoms with Crippen molar-refractivity contribution >= 4 is 11.9 Å². The Morgan fingerprint density at radius 2 is 1.84 bits per heavy atom. The van der Waals surface area contributed by atoms with E-state index in [1.807, 2.05) is 11.0 Å². The maximum Gasteiger partial charge on any atom is 0.490 e. The van der Waals surface area contributed by atoms with Crippen LogP contribution < -0.4 is 0 Å². The number of hydrogen-bond acceptors (Lipinski definition) is 4. The molecule has 0 aliphatic carbocycles. The Morgan fingerprint density at radius 3 is 2.35 bits per heavy atom. The molecule has 0 saturated carbocycles. The third kappa shape index (κ3) is 6.64. The summed E-state index contributed by atoms with van der Waals surface area (Å²) in [7, 11) is 3.95. The largest absolute Gasteiger partial charge is 0.490 e. The molecule has 1 amide bonds. The van der Waals surface area contributed by atoms with Crippen LogP contribution in [-0.2, 0) is 20.7 Å². The van der Waals surface area contributed by atoms with E-state index in [9.17, 15) is 22.4 Å². The number of benzene rings is 1. The summed E-state index contributed by atoms with van der Waals surface area (Å²) in [5.74, 6) is -2.94. The molecule has 1 aromatic rings. The first kappa shape index (κ1) is 25.1. The highest BCUT2D eigenvalue weighted by Crippen LogP contribution is 2.40. The molecule has 1 aromatic carbocycles. The normalized spacial score (nSPS) is 21.0. The number of carboxylic acids is 1. The van der Waals surface area contributed by atoms with E-state index in [0.29, 0.717) is 6.04 Å². The van der Waals surface area contributed by atoms with E-state index in [1.54, 1.807) is 13.2 Å². The van der Waals surface area contributed by atoms with Crippen molar-refractivity contribution in [3.63, 3.8) is 0 Å². The summed E-state index contributed by atoms with van der Waals surface area (Å²) in [5.41, 5.74) is 0.970. The van der Waals surface area contributed by atoms with Crippen LogP contribution in [0.2, 0.25) is 0 Å². The summed E-state index contributed by atoms with van der Waals surface area (Å²) >= 11 is 0. The topological polar surface area (TPSA) is 70.1 Å². The Hall–Kier alpha value is -2.20. The summed E-state index contributed by atoms with van der Waals surface area (Å²) < 4.78 is 50.3. The Bertz CT molecular complexity index is 764. The number of nitrogens with zero attached hydrogens (tertiary/aromatic N) is 2. The molecule has 1 atom stereocenters. The highest BCUT2D eigenvalue weighted by molar-refractivity contribution is 5.78. The van der Waals surface area contributed by atoms with Crippen molar-refractivity contribution in [2.75, 3.05) is 33.9 Å². The summed E-state index contributed by atoms with van der Waals surface area (Å²) in [6, 6.07) is 6.82. The molecule has 3 rings (SSSR count). The maximum absolute atomic E-state index is 13.3. The fourth-order valence-electron chi connectivity index (χ4n) is 4.29. The number of carbonyl (C=O) groups excluding carboxylic acids is 1. The Balaban J connectivity index is 0.000000423. The number of ether oxygens (including phenoxy) is 1. The predicted octanol–water partition coefficient (Wildman–Crippen LogP) is 3.10. The molecule has 2 heterocycles. The van der Waals surface area contributed by atoms with Crippen LogP contribution in [0.25, 0.3) is 0 Å². The zero-order valence-electron chi connectivity index (χ0n) is 17.6. The van der Waals surface area contributed by atoms with Gasteiger partial charge < -0.3 is 14.7 Å². The monoisotopic (exact) mass is 448 g/mol. The van der Waals surface area contributed by atoms with Crippen LogP contribution in [0.3, 0.4) is 0 Å². The summed E-state index contributed by atoms with van der Waals surface area (Å²) in [6.07, 6.45) is -0.421. The van der Waals surface area contributed by atoms with Crippen molar-refractivity contribution in [2.45, 2.75) is 49.9 Å². The van der Waals surface area contributed by atoms with Gasteiger partial charge in [0.2, 0.25) is 5.91 Å². The van der Waals surface area contributed by atoms with E-state index in [2.05, 4.69) is 11.9 Å². The van der Waals surface area contributed by atoms with Crippen molar-refractivity contribution in [1.29, 1.82) is 0 Å². The molecule has 2 saturated heterocycles. The van der Waals surface area contributed by atoms with E-state index in [4.69, 9.17) is 14.6 Å². The molecule has 6 nitrogen and oxygen atoms in total. The predicted molar refractivity (Wildman–Crippen MR) is 105 cm³/mol. The third-order valence-corrected chi connectivity index (χ3v) is 6.13. The average molecular weight is 448 g/mol. The van der Waals surface area contributed by atoms with Crippen LogP contribution in [0.5, 0.6) is 0 Å². The van der Waals surface area contributed by atoms with E-state index in [1.165, 1.54) is 25.0 Å². The number of rotatable bonds is 4. The van der Waals surface area contributed by atoms with Gasteiger partial charge in [0.25, 0.3) is 0 Å². The molecule has 1 N–H and O–H groups in total. The van der Waals surface area contributed by atoms with Gasteiger partial charge in [0.05, 0.1) is 13.0 Å². The standard InChI is InChI=1S/C19H27FN2O2.C2HF3O2/c1-21-17(14-24-2)6-7-19(21)8-10-22(11-9-19)18(23)13-15-4-3-5-16(20)12-15;3-2(4,5)1(6)7/h3-5,12,17H,6-11,13-14H2,1-2H3;(H,6,7). The first-order valence-corrected chi connectivity index (χ1v) is 10.0. The van der Waals surface area contributed by atoms with E-state index < -0.39 is 12.1 Å². The minimum Gasteiger partial charge on any atom is -0.475 e. The molecule has 1 spiro atoms. The summed E-state index contributed by atoms with van der Waals surface area (Å²) in [6.45, 7) is 2.36. The summed E-state index contributed by atoms with van der Waals surface area (Å²) in [5, 5.41) is 7.12. The van der Waals surface area contributed by atoms with Crippen molar-refractivity contribution in [2.24, 2.45) is 0 Å². The van der Waals surface area contributed by atoms with Crippen LogP contribution in [0, 0.1) is 5.82 Å². The second-order valence-corrected chi connectivity index (χ2v) is 7.97. The van der Waals surface area contributed by atoms with E-state index >= 15 is 0 Å². The van der Waals surface area contributed by atoms with Crippen molar-refractivity contribution in [1.82, 2.24) is 9.80 Å². The lowest BCUT2D eigenvalue weighted by Gasteiger charge is -2.45. The van der Waals surface area contributed by atoms with Crippen LogP contribution in [0.1, 0.15) is 31.2 Å². The van der Waals surface area contributed by atoms with Crippen molar-refractivity contribution in [3.05, 3.63) is 35.6 Å². The Labute approximate surface area is 178 Å². The Kier molecular flexibility index (Phi) is 8.41. The summed E-state index contributed by atoms with van der Waals surface area (Å²) in [4.78, 5) is 25.8. The first-order chi connectivity index (χ1) is 14.5. The lowest BCUT2D eigenvalue weighted by Crippen LogP contribution is -2.54. The van der Waals surface area contributed by atoms with Crippen LogP contribution >= 0.6 is 0 Å². The minimum absolute atomic E-state index is 0.101. The van der Waals surface area contributed by atoms with Gasteiger partial charge in [-0.2, -0.15) is 13.2 Å². The molecule has 2 aliphatic heterocycles. The lowest BCUT2D eigenvalue weighted by atomic mass is 9.85. The maximum atomic E-state index is 13.3. The number of likely N-dealkylation sites (N-methyl/N-ethyl adjacent to an activating group) is 1. The van der Waals surface area contributed by atoms with Gasteiger partial charge >= 0.3 is 12.1 Å². The molecule has 31 heavy (non-hydrogen) atoms. The number of methoxy groups -OCH3 is 1. The quantitative estimate of drug-likeness (QED) is 0.717. The zero-order chi connectivity index (χ0) is 23.2. The zero-order valence-corrected chi connectivity index (χ0v) is 17.6. The van der Waals surface area contributed by atoms with Gasteiger partial charge in [0.15, 0.2) is 0 Å². The van der Waals surface area contributed by atoms with Crippen LogP contribution in [0.4, 0.5) is 17.6 Å².